The van der Waals surface area contributed by atoms with Crippen LogP contribution in [0.5, 0.6) is 0 Å². The Balaban J connectivity index is 3.09. The van der Waals surface area contributed by atoms with Crippen molar-refractivity contribution in [1.29, 1.82) is 0 Å². The van der Waals surface area contributed by atoms with Crippen molar-refractivity contribution in [2.75, 3.05) is 0 Å². The van der Waals surface area contributed by atoms with Gasteiger partial charge in [0.05, 0.1) is 7.85 Å². The number of aryl methyl sites for hydroxylation is 1. The lowest BCUT2D eigenvalue weighted by Gasteiger charge is -2.19. The minimum Gasteiger partial charge on any atom is -0.0654 e. The van der Waals surface area contributed by atoms with Crippen LogP contribution in [0.3, 0.4) is 0 Å². The molecule has 0 fully saturated rings. The first-order chi connectivity index (χ1) is 9.78. The first-order valence-electron chi connectivity index (χ1n) is 8.60. The Morgan fingerprint density at radius 2 is 1.15 bits per heavy atom. The minimum atomic E-state index is 0.687. The molecule has 0 atom stereocenters. The Kier molecular flexibility index (Phi) is 8.73. The quantitative estimate of drug-likeness (QED) is 0.500. The highest BCUT2D eigenvalue weighted by atomic mass is 14.2. The number of unbranched alkanes of at least 4 members (excludes halogenated alkanes) is 3. The van der Waals surface area contributed by atoms with Gasteiger partial charge in [0.25, 0.3) is 0 Å². The van der Waals surface area contributed by atoms with Crippen LogP contribution in [0.4, 0.5) is 0 Å². The fraction of sp³-hybridized carbons (Fsp3) is 0.684. The summed E-state index contributed by atoms with van der Waals surface area (Å²) >= 11 is 0. The van der Waals surface area contributed by atoms with Gasteiger partial charge in [-0.1, -0.05) is 64.1 Å². The van der Waals surface area contributed by atoms with Crippen LogP contribution >= 0.6 is 0 Å². The summed E-state index contributed by atoms with van der Waals surface area (Å²) in [5.74, 6) is 0. The lowest BCUT2D eigenvalue weighted by atomic mass is 9.83. The van der Waals surface area contributed by atoms with E-state index in [4.69, 9.17) is 7.85 Å². The second kappa shape index (κ2) is 10.1. The molecule has 1 aromatic rings. The molecule has 0 aliphatic carbocycles. The maximum Gasteiger partial charge on any atom is 0.0716 e. The van der Waals surface area contributed by atoms with Crippen molar-refractivity contribution in [3.8, 4) is 0 Å². The predicted molar refractivity (Wildman–Crippen MR) is 91.7 cm³/mol. The lowest BCUT2D eigenvalue weighted by Crippen LogP contribution is -2.06. The Bertz CT molecular complexity index is 382. The van der Waals surface area contributed by atoms with Gasteiger partial charge in [0.15, 0.2) is 0 Å². The van der Waals surface area contributed by atoms with Crippen molar-refractivity contribution in [1.82, 2.24) is 0 Å². The van der Waals surface area contributed by atoms with Crippen LogP contribution in [0.15, 0.2) is 12.1 Å². The summed E-state index contributed by atoms with van der Waals surface area (Å²) in [5, 5.41) is 0. The van der Waals surface area contributed by atoms with Crippen molar-refractivity contribution in [2.45, 2.75) is 84.9 Å². The average molecular weight is 270 g/mol. The number of benzene rings is 1. The monoisotopic (exact) mass is 270 g/mol. The van der Waals surface area contributed by atoms with Crippen LogP contribution in [-0.4, -0.2) is 7.85 Å². The maximum absolute atomic E-state index is 5.97. The summed E-state index contributed by atoms with van der Waals surface area (Å²) < 4.78 is 0. The molecule has 0 spiro atoms. The third kappa shape index (κ3) is 5.00. The van der Waals surface area contributed by atoms with Crippen LogP contribution in [0.25, 0.3) is 0 Å². The molecule has 0 aliphatic rings. The van der Waals surface area contributed by atoms with Gasteiger partial charge < -0.3 is 0 Å². The standard InChI is InChI=1S/C19H31B/c1-4-7-10-16-13-14-17(15-20)19(12-9-6-3)18(16)11-8-5-2/h13-14H,4-12,15H2,1-3H3. The van der Waals surface area contributed by atoms with Crippen molar-refractivity contribution < 1.29 is 0 Å². The predicted octanol–water partition coefficient (Wildman–Crippen LogP) is 5.38. The normalized spacial score (nSPS) is 10.9. The molecule has 0 heterocycles. The third-order valence-corrected chi connectivity index (χ3v) is 4.21. The Morgan fingerprint density at radius 3 is 1.65 bits per heavy atom. The second-order valence-electron chi connectivity index (χ2n) is 5.86. The molecule has 2 radical (unpaired) electrons. The summed E-state index contributed by atoms with van der Waals surface area (Å²) in [6, 6.07) is 4.63. The fourth-order valence-corrected chi connectivity index (χ4v) is 2.91. The first-order valence-corrected chi connectivity index (χ1v) is 8.60. The molecule has 0 nitrogen and oxygen atoms in total. The van der Waals surface area contributed by atoms with E-state index in [-0.39, 0.29) is 0 Å². The molecule has 0 aliphatic heterocycles. The van der Waals surface area contributed by atoms with Gasteiger partial charge in [0, 0.05) is 0 Å². The molecule has 110 valence electrons. The molecular weight excluding hydrogens is 239 g/mol. The van der Waals surface area contributed by atoms with Crippen LogP contribution in [0.2, 0.25) is 0 Å². The van der Waals surface area contributed by atoms with Gasteiger partial charge in [0.2, 0.25) is 0 Å². The van der Waals surface area contributed by atoms with E-state index in [1.165, 1.54) is 63.4 Å². The van der Waals surface area contributed by atoms with Crippen molar-refractivity contribution in [2.24, 2.45) is 0 Å². The van der Waals surface area contributed by atoms with E-state index in [1.807, 2.05) is 0 Å². The van der Waals surface area contributed by atoms with E-state index in [1.54, 1.807) is 16.7 Å². The zero-order valence-electron chi connectivity index (χ0n) is 13.8. The van der Waals surface area contributed by atoms with Crippen molar-refractivity contribution in [3.63, 3.8) is 0 Å². The van der Waals surface area contributed by atoms with E-state index in [9.17, 15) is 0 Å². The van der Waals surface area contributed by atoms with Gasteiger partial charge in [-0.15, -0.1) is 0 Å². The summed E-state index contributed by atoms with van der Waals surface area (Å²) in [4.78, 5) is 0. The molecule has 0 saturated heterocycles. The largest absolute Gasteiger partial charge is 0.0716 e. The molecule has 20 heavy (non-hydrogen) atoms. The number of rotatable bonds is 10. The third-order valence-electron chi connectivity index (χ3n) is 4.21. The molecule has 0 N–H and O–H groups in total. The zero-order valence-corrected chi connectivity index (χ0v) is 13.8. The van der Waals surface area contributed by atoms with Crippen molar-refractivity contribution >= 4 is 7.85 Å². The summed E-state index contributed by atoms with van der Waals surface area (Å²) in [6.45, 7) is 6.83. The maximum atomic E-state index is 5.97. The molecule has 1 aromatic carbocycles. The van der Waals surface area contributed by atoms with Crippen LogP contribution in [0, 0.1) is 0 Å². The highest BCUT2D eigenvalue weighted by molar-refractivity contribution is 6.08. The number of hydrogen-bond acceptors (Lipinski definition) is 0. The summed E-state index contributed by atoms with van der Waals surface area (Å²) in [5.41, 5.74) is 6.18. The highest BCUT2D eigenvalue weighted by Crippen LogP contribution is 2.25. The Morgan fingerprint density at radius 1 is 0.700 bits per heavy atom. The van der Waals surface area contributed by atoms with Crippen LogP contribution < -0.4 is 0 Å². The summed E-state index contributed by atoms with van der Waals surface area (Å²) in [7, 11) is 5.97. The SMILES string of the molecule is [B]Cc1ccc(CCCC)c(CCCC)c1CCCC. The van der Waals surface area contributed by atoms with Gasteiger partial charge in [0.1, 0.15) is 0 Å². The minimum absolute atomic E-state index is 0.687. The molecule has 0 unspecified atom stereocenters. The van der Waals surface area contributed by atoms with Crippen molar-refractivity contribution in [3.05, 3.63) is 34.4 Å². The van der Waals surface area contributed by atoms with E-state index in [2.05, 4.69) is 32.9 Å². The van der Waals surface area contributed by atoms with E-state index in [0.29, 0.717) is 6.32 Å². The van der Waals surface area contributed by atoms with E-state index < -0.39 is 0 Å². The van der Waals surface area contributed by atoms with Gasteiger partial charge in [-0.3, -0.25) is 0 Å². The van der Waals surface area contributed by atoms with Gasteiger partial charge in [-0.25, -0.2) is 0 Å². The second-order valence-corrected chi connectivity index (χ2v) is 5.86. The molecule has 0 aromatic heterocycles. The molecule has 0 bridgehead atoms. The van der Waals surface area contributed by atoms with E-state index in [0.717, 1.165) is 0 Å². The molecule has 1 rings (SSSR count). The fourth-order valence-electron chi connectivity index (χ4n) is 2.91. The number of hydrogen-bond donors (Lipinski definition) is 0. The molecule has 0 amide bonds. The zero-order chi connectivity index (χ0) is 14.8. The molecule has 1 heteroatoms. The van der Waals surface area contributed by atoms with Gasteiger partial charge >= 0.3 is 0 Å². The van der Waals surface area contributed by atoms with Crippen LogP contribution in [0.1, 0.15) is 81.5 Å². The lowest BCUT2D eigenvalue weighted by molar-refractivity contribution is 0.731. The van der Waals surface area contributed by atoms with Gasteiger partial charge in [-0.05, 0) is 55.2 Å². The highest BCUT2D eigenvalue weighted by Gasteiger charge is 2.11. The molecular formula is C19H31B. The van der Waals surface area contributed by atoms with Crippen LogP contribution in [-0.2, 0) is 25.6 Å². The summed E-state index contributed by atoms with van der Waals surface area (Å²) in [6.07, 6.45) is 12.1. The Hall–Kier alpha value is -0.715. The average Bonchev–Trinajstić information content (AvgIpc) is 2.48. The van der Waals surface area contributed by atoms with E-state index >= 15 is 0 Å². The van der Waals surface area contributed by atoms with Gasteiger partial charge in [-0.2, -0.15) is 0 Å². The molecule has 0 saturated carbocycles. The smallest absolute Gasteiger partial charge is 0.0654 e. The topological polar surface area (TPSA) is 0 Å². The first kappa shape index (κ1) is 17.3. The Labute approximate surface area is 127 Å².